The maximum absolute atomic E-state index is 13.0. The van der Waals surface area contributed by atoms with E-state index in [0.717, 1.165) is 16.7 Å². The fourth-order valence-electron chi connectivity index (χ4n) is 3.01. The van der Waals surface area contributed by atoms with E-state index in [4.69, 9.17) is 19.0 Å². The minimum Gasteiger partial charge on any atom is -0.496 e. The highest BCUT2D eigenvalue weighted by Crippen LogP contribution is 2.22. The smallest absolute Gasteiger partial charge is 0.372 e. The Morgan fingerprint density at radius 2 is 1.66 bits per heavy atom. The Morgan fingerprint density at radius 1 is 0.938 bits per heavy atom. The normalized spacial score (nSPS) is 10.8. The van der Waals surface area contributed by atoms with E-state index >= 15 is 0 Å². The molecule has 0 spiro atoms. The topological polar surface area (TPSA) is 66.4 Å². The second kappa shape index (κ2) is 10.9. The van der Waals surface area contributed by atoms with Gasteiger partial charge in [0.1, 0.15) is 29.7 Å². The van der Waals surface area contributed by atoms with Crippen LogP contribution in [0.15, 0.2) is 65.8 Å². The summed E-state index contributed by atoms with van der Waals surface area (Å²) < 4.78 is 29.5. The van der Waals surface area contributed by atoms with E-state index < -0.39 is 5.97 Å². The first kappa shape index (κ1) is 22.8. The Balaban J connectivity index is 1.55. The lowest BCUT2D eigenvalue weighted by Crippen LogP contribution is -2.12. The van der Waals surface area contributed by atoms with Crippen molar-refractivity contribution in [2.45, 2.75) is 20.5 Å². The second-order valence-electron chi connectivity index (χ2n) is 7.12. The molecule has 0 aliphatic rings. The molecule has 0 amide bonds. The average Bonchev–Trinajstić information content (AvgIpc) is 2.77. The van der Waals surface area contributed by atoms with Crippen molar-refractivity contribution in [2.75, 3.05) is 13.7 Å². The van der Waals surface area contributed by atoms with Gasteiger partial charge in [-0.25, -0.2) is 9.18 Å². The fraction of sp³-hybridized carbons (Fsp3) is 0.200. The molecule has 0 saturated carbocycles. The minimum atomic E-state index is -0.617. The molecule has 0 N–H and O–H groups in total. The molecule has 0 radical (unpaired) electrons. The summed E-state index contributed by atoms with van der Waals surface area (Å²) in [5.74, 6) is 0.814. The summed E-state index contributed by atoms with van der Waals surface area (Å²) >= 11 is 0. The summed E-state index contributed by atoms with van der Waals surface area (Å²) in [5.41, 5.74) is 3.53. The SMILES string of the molecule is COc1ccc(C=NOC(=O)COc2cc(C)cc(C)c2)cc1COc1ccc(F)cc1. The molecule has 0 bridgehead atoms. The van der Waals surface area contributed by atoms with Crippen LogP contribution < -0.4 is 14.2 Å². The van der Waals surface area contributed by atoms with Crippen molar-refractivity contribution in [3.05, 3.63) is 88.7 Å². The van der Waals surface area contributed by atoms with Gasteiger partial charge in [0, 0.05) is 5.56 Å². The van der Waals surface area contributed by atoms with E-state index in [9.17, 15) is 9.18 Å². The van der Waals surface area contributed by atoms with Crippen molar-refractivity contribution in [1.82, 2.24) is 0 Å². The van der Waals surface area contributed by atoms with Crippen LogP contribution in [0.5, 0.6) is 17.2 Å². The van der Waals surface area contributed by atoms with Crippen LogP contribution in [0.2, 0.25) is 0 Å². The summed E-state index contributed by atoms with van der Waals surface area (Å²) in [6.07, 6.45) is 1.41. The summed E-state index contributed by atoms with van der Waals surface area (Å²) in [5, 5.41) is 3.74. The van der Waals surface area contributed by atoms with Crippen LogP contribution >= 0.6 is 0 Å². The maximum atomic E-state index is 13.0. The minimum absolute atomic E-state index is 0.208. The number of ether oxygens (including phenoxy) is 3. The van der Waals surface area contributed by atoms with Crippen LogP contribution in [-0.4, -0.2) is 25.9 Å². The van der Waals surface area contributed by atoms with Gasteiger partial charge < -0.3 is 19.0 Å². The first-order valence-corrected chi connectivity index (χ1v) is 9.92. The Kier molecular flexibility index (Phi) is 7.80. The van der Waals surface area contributed by atoms with Crippen molar-refractivity contribution >= 4 is 12.2 Å². The first-order valence-electron chi connectivity index (χ1n) is 9.92. The summed E-state index contributed by atoms with van der Waals surface area (Å²) in [6, 6.07) is 16.8. The van der Waals surface area contributed by atoms with Crippen molar-refractivity contribution in [3.63, 3.8) is 0 Å². The molecule has 0 fully saturated rings. The maximum Gasteiger partial charge on any atom is 0.372 e. The number of benzene rings is 3. The van der Waals surface area contributed by atoms with Crippen LogP contribution in [0.25, 0.3) is 0 Å². The van der Waals surface area contributed by atoms with Crippen LogP contribution in [0, 0.1) is 19.7 Å². The van der Waals surface area contributed by atoms with Crippen LogP contribution in [-0.2, 0) is 16.2 Å². The number of nitrogens with zero attached hydrogens (tertiary/aromatic N) is 1. The van der Waals surface area contributed by atoms with Crippen molar-refractivity contribution < 1.29 is 28.2 Å². The third-order valence-corrected chi connectivity index (χ3v) is 4.42. The van der Waals surface area contributed by atoms with Crippen LogP contribution in [0.3, 0.4) is 0 Å². The molecular weight excluding hydrogens is 413 g/mol. The second-order valence-corrected chi connectivity index (χ2v) is 7.12. The molecule has 0 atom stereocenters. The van der Waals surface area contributed by atoms with Crippen LogP contribution in [0.4, 0.5) is 4.39 Å². The quantitative estimate of drug-likeness (QED) is 0.268. The third-order valence-electron chi connectivity index (χ3n) is 4.42. The predicted molar refractivity (Wildman–Crippen MR) is 119 cm³/mol. The highest BCUT2D eigenvalue weighted by molar-refractivity contribution is 5.81. The standard InChI is InChI=1S/C25H24FNO5/c1-17-10-18(2)12-23(11-17)31-16-25(28)32-27-14-19-4-9-24(29-3)20(13-19)15-30-22-7-5-21(26)6-8-22/h4-14H,15-16H2,1-3H3. The number of carbonyl (C=O) groups excluding carboxylic acids is 1. The van der Waals surface area contributed by atoms with Gasteiger partial charge in [-0.15, -0.1) is 0 Å². The Labute approximate surface area is 186 Å². The lowest BCUT2D eigenvalue weighted by atomic mass is 10.1. The molecule has 0 aliphatic carbocycles. The largest absolute Gasteiger partial charge is 0.496 e. The van der Waals surface area contributed by atoms with Crippen LogP contribution in [0.1, 0.15) is 22.3 Å². The number of hydrogen-bond acceptors (Lipinski definition) is 6. The summed E-state index contributed by atoms with van der Waals surface area (Å²) in [6.45, 7) is 3.87. The molecule has 0 saturated heterocycles. The number of rotatable bonds is 9. The number of oxime groups is 1. The van der Waals surface area contributed by atoms with E-state index in [0.29, 0.717) is 22.8 Å². The Bertz CT molecular complexity index is 1080. The molecule has 166 valence electrons. The number of carbonyl (C=O) groups is 1. The number of hydrogen-bond donors (Lipinski definition) is 0. The lowest BCUT2D eigenvalue weighted by Gasteiger charge is -2.11. The molecule has 3 aromatic rings. The molecule has 0 unspecified atom stereocenters. The molecule has 3 aromatic carbocycles. The van der Waals surface area contributed by atoms with Crippen molar-refractivity contribution in [2.24, 2.45) is 5.16 Å². The molecule has 7 heteroatoms. The fourth-order valence-corrected chi connectivity index (χ4v) is 3.01. The highest BCUT2D eigenvalue weighted by Gasteiger charge is 2.07. The van der Waals surface area contributed by atoms with Gasteiger partial charge in [-0.3, -0.25) is 0 Å². The van der Waals surface area contributed by atoms with Gasteiger partial charge in [-0.05, 0) is 85.1 Å². The monoisotopic (exact) mass is 437 g/mol. The summed E-state index contributed by atoms with van der Waals surface area (Å²) in [4.78, 5) is 16.8. The molecule has 6 nitrogen and oxygen atoms in total. The van der Waals surface area contributed by atoms with Gasteiger partial charge in [0.2, 0.25) is 0 Å². The number of aryl methyl sites for hydroxylation is 2. The van der Waals surface area contributed by atoms with Gasteiger partial charge in [0.05, 0.1) is 13.3 Å². The van der Waals surface area contributed by atoms with E-state index in [1.807, 2.05) is 32.0 Å². The van der Waals surface area contributed by atoms with E-state index in [1.54, 1.807) is 37.4 Å². The zero-order valence-corrected chi connectivity index (χ0v) is 18.1. The zero-order chi connectivity index (χ0) is 22.9. The van der Waals surface area contributed by atoms with Gasteiger partial charge in [0.15, 0.2) is 6.61 Å². The molecule has 32 heavy (non-hydrogen) atoms. The van der Waals surface area contributed by atoms with Crippen molar-refractivity contribution in [3.8, 4) is 17.2 Å². The van der Waals surface area contributed by atoms with Gasteiger partial charge in [-0.1, -0.05) is 11.2 Å². The van der Waals surface area contributed by atoms with E-state index in [2.05, 4.69) is 5.16 Å². The predicted octanol–water partition coefficient (Wildman–Crippen LogP) is 4.99. The van der Waals surface area contributed by atoms with E-state index in [1.165, 1.54) is 18.3 Å². The molecule has 0 aliphatic heterocycles. The molecular formula is C25H24FNO5. The van der Waals surface area contributed by atoms with Crippen molar-refractivity contribution in [1.29, 1.82) is 0 Å². The highest BCUT2D eigenvalue weighted by atomic mass is 19.1. The van der Waals surface area contributed by atoms with Gasteiger partial charge in [0.25, 0.3) is 0 Å². The number of methoxy groups -OCH3 is 1. The molecule has 0 aromatic heterocycles. The molecule has 0 heterocycles. The third kappa shape index (κ3) is 6.84. The average molecular weight is 437 g/mol. The Morgan fingerprint density at radius 3 is 2.34 bits per heavy atom. The first-order chi connectivity index (χ1) is 15.4. The zero-order valence-electron chi connectivity index (χ0n) is 18.1. The van der Waals surface area contributed by atoms with E-state index in [-0.39, 0.29) is 19.0 Å². The Hall–Kier alpha value is -3.87. The van der Waals surface area contributed by atoms with Gasteiger partial charge >= 0.3 is 5.97 Å². The lowest BCUT2D eigenvalue weighted by molar-refractivity contribution is -0.145. The summed E-state index contributed by atoms with van der Waals surface area (Å²) in [7, 11) is 1.56. The molecule has 3 rings (SSSR count). The number of halogens is 1. The van der Waals surface area contributed by atoms with Gasteiger partial charge in [-0.2, -0.15) is 0 Å².